The average molecular weight is 493 g/mol. The van der Waals surface area contributed by atoms with E-state index < -0.39 is 0 Å². The van der Waals surface area contributed by atoms with Crippen LogP contribution in [0.1, 0.15) is 42.5 Å². The summed E-state index contributed by atoms with van der Waals surface area (Å²) in [7, 11) is 0. The number of benzene rings is 3. The molecule has 4 N–H and O–H groups in total. The minimum atomic E-state index is -0.161. The number of nitrogens with two attached hydrogens (primary N) is 1. The third-order valence-electron chi connectivity index (χ3n) is 5.93. The Labute approximate surface area is 214 Å². The first-order chi connectivity index (χ1) is 17.7. The Bertz CT molecular complexity index is 1560. The molecule has 3 aromatic carbocycles. The van der Waals surface area contributed by atoms with Gasteiger partial charge in [-0.15, -0.1) is 0 Å². The lowest BCUT2D eigenvalue weighted by atomic mass is 9.87. The number of nitrogens with zero attached hydrogens (tertiary/aromatic N) is 5. The van der Waals surface area contributed by atoms with Crippen LogP contribution in [0.2, 0.25) is 0 Å². The minimum Gasteiger partial charge on any atom is -0.368 e. The molecule has 2 aromatic heterocycles. The summed E-state index contributed by atoms with van der Waals surface area (Å²) in [5.41, 5.74) is 10.8. The summed E-state index contributed by atoms with van der Waals surface area (Å²) in [6, 6.07) is 22.8. The van der Waals surface area contributed by atoms with Crippen LogP contribution < -0.4 is 16.4 Å². The number of anilines is 4. The van der Waals surface area contributed by atoms with Crippen LogP contribution in [-0.2, 0) is 5.41 Å². The maximum Gasteiger partial charge on any atom is 0.255 e. The van der Waals surface area contributed by atoms with Crippen molar-refractivity contribution in [1.82, 2.24) is 24.5 Å². The molecule has 0 aliphatic carbocycles. The predicted molar refractivity (Wildman–Crippen MR) is 146 cm³/mol. The summed E-state index contributed by atoms with van der Waals surface area (Å²) in [4.78, 5) is 30.3. The molecule has 5 rings (SSSR count). The normalized spacial score (nSPS) is 11.5. The summed E-state index contributed by atoms with van der Waals surface area (Å²) in [5, 5.41) is 6.28. The molecule has 0 saturated heterocycles. The first-order valence-electron chi connectivity index (χ1n) is 11.9. The van der Waals surface area contributed by atoms with Crippen LogP contribution in [0.4, 0.5) is 23.3 Å². The molecule has 37 heavy (non-hydrogen) atoms. The van der Waals surface area contributed by atoms with E-state index in [4.69, 9.17) is 10.7 Å². The molecule has 9 heteroatoms. The summed E-state index contributed by atoms with van der Waals surface area (Å²) < 4.78 is 1.80. The van der Waals surface area contributed by atoms with Gasteiger partial charge in [0, 0.05) is 16.9 Å². The number of aromatic nitrogens is 5. The number of nitrogens with one attached hydrogen (secondary N) is 2. The Hall–Kier alpha value is -4.79. The molecule has 0 radical (unpaired) electrons. The first-order valence-corrected chi connectivity index (χ1v) is 11.9. The van der Waals surface area contributed by atoms with Crippen molar-refractivity contribution in [2.24, 2.45) is 0 Å². The van der Waals surface area contributed by atoms with Gasteiger partial charge in [-0.2, -0.15) is 15.0 Å². The third kappa shape index (κ3) is 5.11. The van der Waals surface area contributed by atoms with Gasteiger partial charge >= 0.3 is 0 Å². The van der Waals surface area contributed by atoms with E-state index in [0.717, 1.165) is 16.7 Å². The van der Waals surface area contributed by atoms with E-state index in [2.05, 4.69) is 46.4 Å². The molecule has 2 heterocycles. The zero-order valence-corrected chi connectivity index (χ0v) is 21.1. The zero-order valence-electron chi connectivity index (χ0n) is 21.1. The van der Waals surface area contributed by atoms with Crippen LogP contribution in [0.15, 0.2) is 72.8 Å². The van der Waals surface area contributed by atoms with E-state index in [1.165, 1.54) is 5.56 Å². The maximum absolute atomic E-state index is 12.7. The minimum absolute atomic E-state index is 0.0351. The monoisotopic (exact) mass is 492 g/mol. The van der Waals surface area contributed by atoms with Gasteiger partial charge in [0.25, 0.3) is 5.91 Å². The molecular weight excluding hydrogens is 464 g/mol. The SMILES string of the molecule is Cc1nc(N)nc(-n2c(Nc3ccc(NC(=O)c4ccc(C(C)(C)C)cc4)cc3)nc3ccccc32)n1. The van der Waals surface area contributed by atoms with Gasteiger partial charge in [-0.25, -0.2) is 9.55 Å². The lowest BCUT2D eigenvalue weighted by Gasteiger charge is -2.19. The molecule has 0 fully saturated rings. The highest BCUT2D eigenvalue weighted by atomic mass is 16.1. The molecule has 186 valence electrons. The summed E-state index contributed by atoms with van der Waals surface area (Å²) in [6.07, 6.45) is 0. The van der Waals surface area contributed by atoms with Crippen molar-refractivity contribution < 1.29 is 4.79 Å². The Kier molecular flexibility index (Phi) is 6.04. The molecule has 5 aromatic rings. The van der Waals surface area contributed by atoms with Gasteiger partial charge in [-0.05, 0) is 66.4 Å². The number of hydrogen-bond donors (Lipinski definition) is 3. The second-order valence-electron chi connectivity index (χ2n) is 9.78. The lowest BCUT2D eigenvalue weighted by molar-refractivity contribution is 0.102. The first kappa shape index (κ1) is 23.9. The maximum atomic E-state index is 12.7. The molecule has 0 unspecified atom stereocenters. The average Bonchev–Trinajstić information content (AvgIpc) is 3.22. The van der Waals surface area contributed by atoms with Crippen molar-refractivity contribution in [3.05, 3.63) is 89.7 Å². The standard InChI is InChI=1S/C28H28N8O/c1-17-30-25(29)35-26(31-17)36-23-8-6-5-7-22(23)34-27(36)33-21-15-13-20(14-16-21)32-24(37)18-9-11-19(12-10-18)28(2,3)4/h5-16H,1-4H3,(H,32,37)(H,33,34)(H2,29,30,31,35). The highest BCUT2D eigenvalue weighted by molar-refractivity contribution is 6.04. The molecular formula is C28H28N8O. The van der Waals surface area contributed by atoms with Crippen molar-refractivity contribution in [2.75, 3.05) is 16.4 Å². The van der Waals surface area contributed by atoms with E-state index in [9.17, 15) is 4.79 Å². The van der Waals surface area contributed by atoms with Crippen LogP contribution in [0, 0.1) is 6.92 Å². The largest absolute Gasteiger partial charge is 0.368 e. The quantitative estimate of drug-likeness (QED) is 0.300. The lowest BCUT2D eigenvalue weighted by Crippen LogP contribution is -2.14. The fourth-order valence-electron chi connectivity index (χ4n) is 3.99. The van der Waals surface area contributed by atoms with Crippen molar-refractivity contribution in [3.8, 4) is 5.95 Å². The Morgan fingerprint density at radius 2 is 1.51 bits per heavy atom. The van der Waals surface area contributed by atoms with E-state index in [0.29, 0.717) is 29.0 Å². The number of carbonyl (C=O) groups excluding carboxylic acids is 1. The molecule has 0 saturated carbocycles. The number of fused-ring (bicyclic) bond motifs is 1. The molecule has 0 bridgehead atoms. The highest BCUT2D eigenvalue weighted by Crippen LogP contribution is 2.27. The number of rotatable bonds is 5. The number of nitrogen functional groups attached to an aromatic ring is 1. The molecule has 9 nitrogen and oxygen atoms in total. The number of amides is 1. The van der Waals surface area contributed by atoms with E-state index in [-0.39, 0.29) is 17.3 Å². The summed E-state index contributed by atoms with van der Waals surface area (Å²) in [6.45, 7) is 8.20. The summed E-state index contributed by atoms with van der Waals surface area (Å²) in [5.74, 6) is 1.40. The van der Waals surface area contributed by atoms with Gasteiger partial charge in [-0.3, -0.25) is 4.79 Å². The zero-order chi connectivity index (χ0) is 26.2. The van der Waals surface area contributed by atoms with Crippen LogP contribution in [0.3, 0.4) is 0 Å². The smallest absolute Gasteiger partial charge is 0.255 e. The number of imidazole rings is 1. The van der Waals surface area contributed by atoms with Crippen LogP contribution in [0.25, 0.3) is 17.0 Å². The van der Waals surface area contributed by atoms with Crippen molar-refractivity contribution in [2.45, 2.75) is 33.1 Å². The number of aryl methyl sites for hydroxylation is 1. The molecule has 0 atom stereocenters. The number of para-hydroxylation sites is 2. The van der Waals surface area contributed by atoms with Gasteiger partial charge in [-0.1, -0.05) is 45.0 Å². The van der Waals surface area contributed by atoms with Crippen molar-refractivity contribution >= 4 is 40.2 Å². The number of hydrogen-bond acceptors (Lipinski definition) is 7. The molecule has 0 aliphatic rings. The predicted octanol–water partition coefficient (Wildman–Crippen LogP) is 5.39. The van der Waals surface area contributed by atoms with Crippen LogP contribution in [-0.4, -0.2) is 30.4 Å². The molecule has 1 amide bonds. The Morgan fingerprint density at radius 1 is 0.838 bits per heavy atom. The fourth-order valence-corrected chi connectivity index (χ4v) is 3.99. The molecule has 0 spiro atoms. The third-order valence-corrected chi connectivity index (χ3v) is 5.93. The number of carbonyl (C=O) groups is 1. The van der Waals surface area contributed by atoms with E-state index in [1.54, 1.807) is 11.5 Å². The Morgan fingerprint density at radius 3 is 2.19 bits per heavy atom. The molecule has 0 aliphatic heterocycles. The van der Waals surface area contributed by atoms with Gasteiger partial charge in [0.2, 0.25) is 17.8 Å². The van der Waals surface area contributed by atoms with E-state index in [1.807, 2.05) is 72.8 Å². The van der Waals surface area contributed by atoms with Crippen molar-refractivity contribution in [1.29, 1.82) is 0 Å². The van der Waals surface area contributed by atoms with Gasteiger partial charge in [0.1, 0.15) is 5.82 Å². The Balaban J connectivity index is 1.37. The second kappa shape index (κ2) is 9.34. The fraction of sp³-hybridized carbons (Fsp3) is 0.179. The topological polar surface area (TPSA) is 124 Å². The van der Waals surface area contributed by atoms with Gasteiger partial charge < -0.3 is 16.4 Å². The summed E-state index contributed by atoms with van der Waals surface area (Å²) >= 11 is 0. The second-order valence-corrected chi connectivity index (χ2v) is 9.78. The highest BCUT2D eigenvalue weighted by Gasteiger charge is 2.17. The van der Waals surface area contributed by atoms with Gasteiger partial charge in [0.15, 0.2) is 0 Å². The van der Waals surface area contributed by atoms with Crippen LogP contribution in [0.5, 0.6) is 0 Å². The van der Waals surface area contributed by atoms with Crippen LogP contribution >= 0.6 is 0 Å². The van der Waals surface area contributed by atoms with Crippen molar-refractivity contribution in [3.63, 3.8) is 0 Å². The van der Waals surface area contributed by atoms with E-state index >= 15 is 0 Å². The van der Waals surface area contributed by atoms with Gasteiger partial charge in [0.05, 0.1) is 11.0 Å².